The molecule has 0 spiro atoms. The van der Waals surface area contributed by atoms with Crippen molar-refractivity contribution in [1.82, 2.24) is 4.98 Å². The molecule has 86 valence electrons. The van der Waals surface area contributed by atoms with E-state index in [1.165, 1.54) is 11.8 Å². The van der Waals surface area contributed by atoms with Crippen LogP contribution in [-0.2, 0) is 0 Å². The standard InChI is InChI=1S/C14H13NO2/c1-9-4-3-5-12(10(9)2)11-6-7-15-13(8-11)14(16)17/h3-8H,1-2H3,(H,16,17). The molecule has 1 heterocycles. The molecule has 0 saturated heterocycles. The number of aromatic carboxylic acids is 1. The Morgan fingerprint density at radius 3 is 2.71 bits per heavy atom. The number of aryl methyl sites for hydroxylation is 1. The van der Waals surface area contributed by atoms with E-state index in [1.807, 2.05) is 38.1 Å². The highest BCUT2D eigenvalue weighted by Gasteiger charge is 2.08. The van der Waals surface area contributed by atoms with Gasteiger partial charge in [-0.25, -0.2) is 9.78 Å². The summed E-state index contributed by atoms with van der Waals surface area (Å²) in [6.45, 7) is 4.07. The van der Waals surface area contributed by atoms with Crippen LogP contribution in [-0.4, -0.2) is 16.1 Å². The molecule has 17 heavy (non-hydrogen) atoms. The first-order valence-corrected chi connectivity index (χ1v) is 5.35. The molecule has 1 aromatic carbocycles. The molecule has 0 radical (unpaired) electrons. The zero-order valence-electron chi connectivity index (χ0n) is 9.77. The SMILES string of the molecule is Cc1cccc(-c2ccnc(C(=O)O)c2)c1C. The maximum Gasteiger partial charge on any atom is 0.354 e. The third-order valence-corrected chi connectivity index (χ3v) is 2.89. The normalized spacial score (nSPS) is 10.2. The fraction of sp³-hybridized carbons (Fsp3) is 0.143. The van der Waals surface area contributed by atoms with Crippen LogP contribution in [0.5, 0.6) is 0 Å². The van der Waals surface area contributed by atoms with Gasteiger partial charge in [-0.15, -0.1) is 0 Å². The topological polar surface area (TPSA) is 50.2 Å². The van der Waals surface area contributed by atoms with Crippen molar-refractivity contribution in [3.05, 3.63) is 53.3 Å². The Hall–Kier alpha value is -2.16. The van der Waals surface area contributed by atoms with E-state index in [-0.39, 0.29) is 5.69 Å². The zero-order valence-corrected chi connectivity index (χ0v) is 9.77. The fourth-order valence-electron chi connectivity index (χ4n) is 1.78. The second kappa shape index (κ2) is 4.37. The summed E-state index contributed by atoms with van der Waals surface area (Å²) in [5.41, 5.74) is 4.36. The highest BCUT2D eigenvalue weighted by Crippen LogP contribution is 2.25. The quantitative estimate of drug-likeness (QED) is 0.857. The average Bonchev–Trinajstić information content (AvgIpc) is 2.33. The van der Waals surface area contributed by atoms with E-state index in [4.69, 9.17) is 5.11 Å². The van der Waals surface area contributed by atoms with Gasteiger partial charge in [-0.3, -0.25) is 0 Å². The lowest BCUT2D eigenvalue weighted by Gasteiger charge is -2.08. The summed E-state index contributed by atoms with van der Waals surface area (Å²) in [5.74, 6) is -1.00. The van der Waals surface area contributed by atoms with E-state index in [0.717, 1.165) is 16.7 Å². The van der Waals surface area contributed by atoms with Gasteiger partial charge in [-0.1, -0.05) is 18.2 Å². The lowest BCUT2D eigenvalue weighted by Crippen LogP contribution is -2.00. The van der Waals surface area contributed by atoms with Crippen molar-refractivity contribution in [1.29, 1.82) is 0 Å². The number of carbonyl (C=O) groups is 1. The summed E-state index contributed by atoms with van der Waals surface area (Å²) in [7, 11) is 0. The average molecular weight is 227 g/mol. The van der Waals surface area contributed by atoms with Gasteiger partial charge in [0, 0.05) is 6.20 Å². The van der Waals surface area contributed by atoms with Gasteiger partial charge in [0.2, 0.25) is 0 Å². The molecule has 0 fully saturated rings. The summed E-state index contributed by atoms with van der Waals surface area (Å²) in [6.07, 6.45) is 1.53. The van der Waals surface area contributed by atoms with Gasteiger partial charge >= 0.3 is 5.97 Å². The Balaban J connectivity index is 2.57. The van der Waals surface area contributed by atoms with Crippen LogP contribution in [0.3, 0.4) is 0 Å². The Kier molecular flexibility index (Phi) is 2.91. The monoisotopic (exact) mass is 227 g/mol. The molecule has 1 N–H and O–H groups in total. The van der Waals surface area contributed by atoms with Crippen LogP contribution >= 0.6 is 0 Å². The van der Waals surface area contributed by atoms with E-state index >= 15 is 0 Å². The van der Waals surface area contributed by atoms with E-state index in [0.29, 0.717) is 0 Å². The van der Waals surface area contributed by atoms with Crippen LogP contribution < -0.4 is 0 Å². The van der Waals surface area contributed by atoms with E-state index in [1.54, 1.807) is 6.07 Å². The maximum absolute atomic E-state index is 10.9. The summed E-state index contributed by atoms with van der Waals surface area (Å²) in [5, 5.41) is 8.92. The van der Waals surface area contributed by atoms with Crippen LogP contribution in [0.1, 0.15) is 21.6 Å². The van der Waals surface area contributed by atoms with Crippen molar-refractivity contribution >= 4 is 5.97 Å². The van der Waals surface area contributed by atoms with Gasteiger partial charge in [0.15, 0.2) is 0 Å². The van der Waals surface area contributed by atoms with Crippen molar-refractivity contribution in [2.24, 2.45) is 0 Å². The summed E-state index contributed by atoms with van der Waals surface area (Å²) >= 11 is 0. The molecule has 0 aliphatic rings. The highest BCUT2D eigenvalue weighted by molar-refractivity contribution is 5.87. The minimum absolute atomic E-state index is 0.0726. The number of benzene rings is 1. The number of nitrogens with zero attached hydrogens (tertiary/aromatic N) is 1. The van der Waals surface area contributed by atoms with Crippen LogP contribution in [0.2, 0.25) is 0 Å². The summed E-state index contributed by atoms with van der Waals surface area (Å²) < 4.78 is 0. The van der Waals surface area contributed by atoms with Gasteiger partial charge in [0.1, 0.15) is 5.69 Å². The minimum atomic E-state index is -1.00. The first kappa shape index (κ1) is 11.3. The molecule has 0 unspecified atom stereocenters. The number of hydrogen-bond donors (Lipinski definition) is 1. The molecule has 0 saturated carbocycles. The molecule has 0 aliphatic heterocycles. The van der Waals surface area contributed by atoms with Crippen molar-refractivity contribution in [2.75, 3.05) is 0 Å². The largest absolute Gasteiger partial charge is 0.477 e. The highest BCUT2D eigenvalue weighted by atomic mass is 16.4. The molecule has 1 aromatic heterocycles. The Labute approximate surface area is 99.8 Å². The van der Waals surface area contributed by atoms with E-state index in [2.05, 4.69) is 4.98 Å². The molecule has 0 bridgehead atoms. The fourth-order valence-corrected chi connectivity index (χ4v) is 1.78. The zero-order chi connectivity index (χ0) is 12.4. The number of carboxylic acids is 1. The number of hydrogen-bond acceptors (Lipinski definition) is 2. The molecule has 3 heteroatoms. The van der Waals surface area contributed by atoms with Gasteiger partial charge in [0.05, 0.1) is 0 Å². The predicted octanol–water partition coefficient (Wildman–Crippen LogP) is 3.06. The Bertz CT molecular complexity index is 576. The lowest BCUT2D eigenvalue weighted by atomic mass is 9.97. The number of carboxylic acid groups (broad SMARTS) is 1. The van der Waals surface area contributed by atoms with Gasteiger partial charge in [0.25, 0.3) is 0 Å². The number of aromatic nitrogens is 1. The van der Waals surface area contributed by atoms with Gasteiger partial charge < -0.3 is 5.11 Å². The Morgan fingerprint density at radius 1 is 1.24 bits per heavy atom. The lowest BCUT2D eigenvalue weighted by molar-refractivity contribution is 0.0690. The molecule has 2 rings (SSSR count). The first-order valence-electron chi connectivity index (χ1n) is 5.35. The molecule has 3 nitrogen and oxygen atoms in total. The molecule has 2 aromatic rings. The van der Waals surface area contributed by atoms with Crippen LogP contribution in [0.25, 0.3) is 11.1 Å². The minimum Gasteiger partial charge on any atom is -0.477 e. The van der Waals surface area contributed by atoms with Crippen molar-refractivity contribution in [2.45, 2.75) is 13.8 Å². The molecule has 0 aliphatic carbocycles. The second-order valence-electron chi connectivity index (χ2n) is 3.98. The summed E-state index contributed by atoms with van der Waals surface area (Å²) in [6, 6.07) is 9.43. The van der Waals surface area contributed by atoms with Gasteiger partial charge in [-0.05, 0) is 48.2 Å². The van der Waals surface area contributed by atoms with Gasteiger partial charge in [-0.2, -0.15) is 0 Å². The third kappa shape index (κ3) is 2.18. The van der Waals surface area contributed by atoms with Crippen molar-refractivity contribution in [3.8, 4) is 11.1 Å². The Morgan fingerprint density at radius 2 is 2.00 bits per heavy atom. The van der Waals surface area contributed by atoms with Crippen molar-refractivity contribution < 1.29 is 9.90 Å². The van der Waals surface area contributed by atoms with Crippen LogP contribution in [0.4, 0.5) is 0 Å². The maximum atomic E-state index is 10.9. The summed E-state index contributed by atoms with van der Waals surface area (Å²) in [4.78, 5) is 14.7. The van der Waals surface area contributed by atoms with Crippen molar-refractivity contribution in [3.63, 3.8) is 0 Å². The third-order valence-electron chi connectivity index (χ3n) is 2.89. The van der Waals surface area contributed by atoms with Crippen LogP contribution in [0, 0.1) is 13.8 Å². The first-order chi connectivity index (χ1) is 8.09. The van der Waals surface area contributed by atoms with E-state index in [9.17, 15) is 4.79 Å². The molecular weight excluding hydrogens is 214 g/mol. The smallest absolute Gasteiger partial charge is 0.354 e. The van der Waals surface area contributed by atoms with E-state index < -0.39 is 5.97 Å². The second-order valence-corrected chi connectivity index (χ2v) is 3.98. The molecule has 0 atom stereocenters. The molecular formula is C14H13NO2. The predicted molar refractivity (Wildman–Crippen MR) is 66.1 cm³/mol. The molecule has 0 amide bonds. The number of rotatable bonds is 2. The number of pyridine rings is 1. The van der Waals surface area contributed by atoms with Crippen LogP contribution in [0.15, 0.2) is 36.5 Å².